The number of nitrogens with zero attached hydrogens (tertiary/aromatic N) is 2. The molecule has 0 unspecified atom stereocenters. The summed E-state index contributed by atoms with van der Waals surface area (Å²) in [6.45, 7) is 0. The van der Waals surface area contributed by atoms with Crippen molar-refractivity contribution in [3.8, 4) is 11.5 Å². The van der Waals surface area contributed by atoms with Crippen LogP contribution in [0.2, 0.25) is 5.02 Å². The van der Waals surface area contributed by atoms with Crippen molar-refractivity contribution >= 4 is 45.1 Å². The molecular formula is C23H14ClN3O2. The molecule has 0 saturated heterocycles. The fraction of sp³-hybridized carbons (Fsp3) is 0. The number of aromatic nitrogens is 2. The lowest BCUT2D eigenvalue weighted by molar-refractivity contribution is 0.102. The maximum atomic E-state index is 12.3. The summed E-state index contributed by atoms with van der Waals surface area (Å²) in [4.78, 5) is 20.9. The number of amides is 1. The highest BCUT2D eigenvalue weighted by Gasteiger charge is 2.13. The number of pyridine rings is 1. The van der Waals surface area contributed by atoms with Crippen LogP contribution < -0.4 is 5.32 Å². The van der Waals surface area contributed by atoms with Gasteiger partial charge in [-0.2, -0.15) is 0 Å². The normalized spacial score (nSPS) is 11.1. The summed E-state index contributed by atoms with van der Waals surface area (Å²) in [6.07, 6.45) is 3.15. The number of carbonyl (C=O) groups excluding carboxylic acids is 1. The van der Waals surface area contributed by atoms with E-state index in [0.717, 1.165) is 16.3 Å². The van der Waals surface area contributed by atoms with Gasteiger partial charge in [-0.25, -0.2) is 4.98 Å². The molecule has 5 nitrogen and oxygen atoms in total. The van der Waals surface area contributed by atoms with Crippen molar-refractivity contribution in [2.24, 2.45) is 0 Å². The van der Waals surface area contributed by atoms with Crippen LogP contribution in [0.4, 0.5) is 5.69 Å². The monoisotopic (exact) mass is 399 g/mol. The van der Waals surface area contributed by atoms with Gasteiger partial charge in [0.25, 0.3) is 5.91 Å². The van der Waals surface area contributed by atoms with E-state index in [9.17, 15) is 4.79 Å². The zero-order valence-electron chi connectivity index (χ0n) is 15.1. The Morgan fingerprint density at radius 1 is 0.966 bits per heavy atom. The number of nitrogens with one attached hydrogen (secondary N) is 1. The highest BCUT2D eigenvalue weighted by Crippen LogP contribution is 2.33. The van der Waals surface area contributed by atoms with Crippen molar-refractivity contribution < 1.29 is 9.21 Å². The Labute approximate surface area is 171 Å². The lowest BCUT2D eigenvalue weighted by Gasteiger charge is -2.04. The molecule has 0 spiro atoms. The summed E-state index contributed by atoms with van der Waals surface area (Å²) >= 11 is 6.32. The van der Waals surface area contributed by atoms with E-state index in [4.69, 9.17) is 16.0 Å². The lowest BCUT2D eigenvalue weighted by atomic mass is 10.0. The van der Waals surface area contributed by atoms with Crippen LogP contribution in [0.5, 0.6) is 0 Å². The van der Waals surface area contributed by atoms with E-state index in [1.165, 1.54) is 6.20 Å². The molecule has 2 heterocycles. The van der Waals surface area contributed by atoms with E-state index in [-0.39, 0.29) is 5.91 Å². The number of hydrogen-bond donors (Lipinski definition) is 1. The van der Waals surface area contributed by atoms with Crippen molar-refractivity contribution in [1.29, 1.82) is 0 Å². The first-order valence-corrected chi connectivity index (χ1v) is 9.36. The molecule has 0 aliphatic rings. The van der Waals surface area contributed by atoms with E-state index in [1.54, 1.807) is 36.5 Å². The predicted molar refractivity (Wildman–Crippen MR) is 114 cm³/mol. The fourth-order valence-electron chi connectivity index (χ4n) is 3.28. The second-order valence-electron chi connectivity index (χ2n) is 6.54. The van der Waals surface area contributed by atoms with Crippen LogP contribution in [0.3, 0.4) is 0 Å². The number of anilines is 1. The standard InChI is InChI=1S/C23H14ClN3O2/c24-19-8-2-5-16-17(19)6-1-7-18(16)23-27-20-12-15(9-10-21(20)29-23)26-22(28)14-4-3-11-25-13-14/h1-13H,(H,26,28). The number of hydrogen-bond acceptors (Lipinski definition) is 4. The third-order valence-corrected chi connectivity index (χ3v) is 5.00. The second-order valence-corrected chi connectivity index (χ2v) is 6.95. The van der Waals surface area contributed by atoms with Crippen molar-refractivity contribution in [2.75, 3.05) is 5.32 Å². The fourth-order valence-corrected chi connectivity index (χ4v) is 3.52. The summed E-state index contributed by atoms with van der Waals surface area (Å²) in [6, 6.07) is 20.4. The molecule has 5 aromatic rings. The van der Waals surface area contributed by atoms with Gasteiger partial charge in [-0.1, -0.05) is 35.9 Å². The third kappa shape index (κ3) is 3.22. The van der Waals surface area contributed by atoms with Gasteiger partial charge >= 0.3 is 0 Å². The number of halogens is 1. The van der Waals surface area contributed by atoms with Gasteiger partial charge in [-0.05, 0) is 47.9 Å². The van der Waals surface area contributed by atoms with Gasteiger partial charge in [0.05, 0.1) is 5.56 Å². The quantitative estimate of drug-likeness (QED) is 0.407. The maximum Gasteiger partial charge on any atom is 0.257 e. The van der Waals surface area contributed by atoms with Crippen molar-refractivity contribution in [3.63, 3.8) is 0 Å². The highest BCUT2D eigenvalue weighted by atomic mass is 35.5. The Morgan fingerprint density at radius 2 is 1.83 bits per heavy atom. The second kappa shape index (κ2) is 7.04. The molecule has 0 atom stereocenters. The van der Waals surface area contributed by atoms with Crippen molar-refractivity contribution in [1.82, 2.24) is 9.97 Å². The Kier molecular flexibility index (Phi) is 4.22. The van der Waals surface area contributed by atoms with Crippen LogP contribution in [0, 0.1) is 0 Å². The summed E-state index contributed by atoms with van der Waals surface area (Å²) in [5.41, 5.74) is 3.27. The van der Waals surface area contributed by atoms with E-state index in [1.807, 2.05) is 36.4 Å². The van der Waals surface area contributed by atoms with Gasteiger partial charge < -0.3 is 9.73 Å². The first-order chi connectivity index (χ1) is 14.2. The van der Waals surface area contributed by atoms with Crippen LogP contribution >= 0.6 is 11.6 Å². The predicted octanol–water partition coefficient (Wildman–Crippen LogP) is 5.95. The molecule has 0 bridgehead atoms. The molecule has 0 saturated carbocycles. The molecule has 0 aliphatic carbocycles. The molecule has 5 rings (SSSR count). The molecular weight excluding hydrogens is 386 g/mol. The van der Waals surface area contributed by atoms with E-state index >= 15 is 0 Å². The number of carbonyl (C=O) groups is 1. The van der Waals surface area contributed by atoms with Gasteiger partial charge in [-0.3, -0.25) is 9.78 Å². The molecule has 0 radical (unpaired) electrons. The average molecular weight is 400 g/mol. The van der Waals surface area contributed by atoms with E-state index < -0.39 is 0 Å². The minimum atomic E-state index is -0.232. The van der Waals surface area contributed by atoms with E-state index in [2.05, 4.69) is 15.3 Å². The maximum absolute atomic E-state index is 12.3. The Hall–Kier alpha value is -3.70. The Morgan fingerprint density at radius 3 is 2.69 bits per heavy atom. The zero-order chi connectivity index (χ0) is 19.8. The van der Waals surface area contributed by atoms with Gasteiger partial charge in [-0.15, -0.1) is 0 Å². The number of rotatable bonds is 3. The number of oxazole rings is 1. The SMILES string of the molecule is O=C(Nc1ccc2oc(-c3cccc4c(Cl)cccc34)nc2c1)c1cccnc1. The minimum absolute atomic E-state index is 0.232. The van der Waals surface area contributed by atoms with Crippen LogP contribution in [0.1, 0.15) is 10.4 Å². The van der Waals surface area contributed by atoms with Crippen LogP contribution in [0.25, 0.3) is 33.3 Å². The molecule has 0 aliphatic heterocycles. The van der Waals surface area contributed by atoms with E-state index in [0.29, 0.717) is 33.3 Å². The molecule has 3 aromatic carbocycles. The van der Waals surface area contributed by atoms with Crippen LogP contribution in [-0.2, 0) is 0 Å². The Bertz CT molecular complexity index is 1360. The van der Waals surface area contributed by atoms with Gasteiger partial charge in [0.15, 0.2) is 5.58 Å². The molecule has 29 heavy (non-hydrogen) atoms. The summed E-state index contributed by atoms with van der Waals surface area (Å²) in [5, 5.41) is 5.45. The molecule has 140 valence electrons. The summed E-state index contributed by atoms with van der Waals surface area (Å²) < 4.78 is 5.97. The molecule has 6 heteroatoms. The average Bonchev–Trinajstić information content (AvgIpc) is 3.17. The largest absolute Gasteiger partial charge is 0.436 e. The molecule has 1 N–H and O–H groups in total. The molecule has 1 amide bonds. The first kappa shape index (κ1) is 17.4. The number of benzene rings is 3. The highest BCUT2D eigenvalue weighted by molar-refractivity contribution is 6.35. The molecule has 2 aromatic heterocycles. The summed E-state index contributed by atoms with van der Waals surface area (Å²) in [5.74, 6) is 0.272. The zero-order valence-corrected chi connectivity index (χ0v) is 15.9. The van der Waals surface area contributed by atoms with Crippen LogP contribution in [0.15, 0.2) is 83.5 Å². The first-order valence-electron chi connectivity index (χ1n) is 8.99. The van der Waals surface area contributed by atoms with Gasteiger partial charge in [0.1, 0.15) is 5.52 Å². The minimum Gasteiger partial charge on any atom is -0.436 e. The lowest BCUT2D eigenvalue weighted by Crippen LogP contribution is -2.11. The van der Waals surface area contributed by atoms with Crippen molar-refractivity contribution in [3.05, 3.63) is 89.7 Å². The van der Waals surface area contributed by atoms with Crippen molar-refractivity contribution in [2.45, 2.75) is 0 Å². The molecule has 0 fully saturated rings. The Balaban J connectivity index is 1.52. The third-order valence-electron chi connectivity index (χ3n) is 4.67. The van der Waals surface area contributed by atoms with Gasteiger partial charge in [0.2, 0.25) is 5.89 Å². The van der Waals surface area contributed by atoms with Gasteiger partial charge in [0, 0.05) is 34.1 Å². The number of fused-ring (bicyclic) bond motifs is 2. The van der Waals surface area contributed by atoms with Crippen LogP contribution in [-0.4, -0.2) is 15.9 Å². The topological polar surface area (TPSA) is 68.0 Å². The summed E-state index contributed by atoms with van der Waals surface area (Å²) in [7, 11) is 0. The smallest absolute Gasteiger partial charge is 0.257 e.